The maximum absolute atomic E-state index is 10.5. The number of anilines is 1. The summed E-state index contributed by atoms with van der Waals surface area (Å²) in [6, 6.07) is 9.19. The molecule has 0 aliphatic rings. The van der Waals surface area contributed by atoms with Crippen LogP contribution >= 0.6 is 22.6 Å². The van der Waals surface area contributed by atoms with E-state index in [1.165, 1.54) is 0 Å². The molecule has 1 amide bonds. The van der Waals surface area contributed by atoms with Gasteiger partial charge in [0.05, 0.1) is 12.8 Å². The van der Waals surface area contributed by atoms with Crippen LogP contribution in [0.15, 0.2) is 30.3 Å². The summed E-state index contributed by atoms with van der Waals surface area (Å²) in [5.41, 5.74) is 0.531. The molecule has 0 radical (unpaired) electrons. The minimum absolute atomic E-state index is 0.531. The smallest absolute Gasteiger partial charge is 0.138 e. The van der Waals surface area contributed by atoms with E-state index in [9.17, 15) is 9.90 Å². The minimum atomic E-state index is -1.31. The lowest BCUT2D eigenvalue weighted by atomic mass is 10.1. The lowest BCUT2D eigenvalue weighted by Gasteiger charge is -2.11. The predicted molar refractivity (Wildman–Crippen MR) is 72.2 cm³/mol. The van der Waals surface area contributed by atoms with Crippen LogP contribution in [-0.4, -0.2) is 13.2 Å². The van der Waals surface area contributed by atoms with E-state index in [1.54, 1.807) is 13.2 Å². The van der Waals surface area contributed by atoms with Gasteiger partial charge >= 0.3 is 0 Å². The van der Waals surface area contributed by atoms with Gasteiger partial charge < -0.3 is 20.0 Å². The van der Waals surface area contributed by atoms with Crippen molar-refractivity contribution in [3.63, 3.8) is 0 Å². The monoisotopic (exact) mass is 342 g/mol. The Morgan fingerprint density at radius 3 is 2.76 bits per heavy atom. The second-order valence-electron chi connectivity index (χ2n) is 3.43. The van der Waals surface area contributed by atoms with Crippen LogP contribution in [-0.2, 0) is 0 Å². The summed E-state index contributed by atoms with van der Waals surface area (Å²) < 4.78 is 5.97. The Hall–Kier alpha value is -1.50. The lowest BCUT2D eigenvalue weighted by Crippen LogP contribution is -2.29. The summed E-state index contributed by atoms with van der Waals surface area (Å²) in [5, 5.41) is 14.7. The standard InChI is InChI=1S/C12H10INO3/c1-17-8-3-4-9-7(6-8)2-5-10(11(9)13)14-12(15)16/h2-6,14H,1H3,(H,15,16)/p-1. The number of benzene rings is 2. The molecule has 0 aliphatic heterocycles. The molecule has 0 aromatic heterocycles. The van der Waals surface area contributed by atoms with Crippen LogP contribution < -0.4 is 15.2 Å². The van der Waals surface area contributed by atoms with Crippen molar-refractivity contribution in [3.05, 3.63) is 33.9 Å². The van der Waals surface area contributed by atoms with Crippen molar-refractivity contribution in [1.29, 1.82) is 0 Å². The van der Waals surface area contributed by atoms with Crippen LogP contribution in [0.3, 0.4) is 0 Å². The first-order valence-electron chi connectivity index (χ1n) is 4.86. The molecule has 88 valence electrons. The van der Waals surface area contributed by atoms with E-state index >= 15 is 0 Å². The summed E-state index contributed by atoms with van der Waals surface area (Å²) in [5.74, 6) is 0.772. The van der Waals surface area contributed by atoms with Crippen LogP contribution in [0.5, 0.6) is 5.75 Å². The van der Waals surface area contributed by atoms with Crippen molar-refractivity contribution in [2.75, 3.05) is 12.4 Å². The Bertz CT molecular complexity index is 583. The fraction of sp³-hybridized carbons (Fsp3) is 0.0833. The zero-order chi connectivity index (χ0) is 12.4. The number of rotatable bonds is 2. The maximum atomic E-state index is 10.5. The fourth-order valence-electron chi connectivity index (χ4n) is 1.60. The molecule has 0 saturated heterocycles. The van der Waals surface area contributed by atoms with Crippen molar-refractivity contribution in [3.8, 4) is 5.75 Å². The van der Waals surface area contributed by atoms with Gasteiger partial charge in [-0.1, -0.05) is 6.07 Å². The third-order valence-electron chi connectivity index (χ3n) is 2.40. The number of methoxy groups -OCH3 is 1. The zero-order valence-electron chi connectivity index (χ0n) is 8.99. The van der Waals surface area contributed by atoms with E-state index in [0.717, 1.165) is 20.1 Å². The molecular weight excluding hydrogens is 333 g/mol. The highest BCUT2D eigenvalue weighted by molar-refractivity contribution is 14.1. The summed E-state index contributed by atoms with van der Waals surface area (Å²) >= 11 is 2.10. The Balaban J connectivity index is 2.56. The van der Waals surface area contributed by atoms with E-state index in [1.807, 2.05) is 24.3 Å². The molecule has 0 unspecified atom stereocenters. The van der Waals surface area contributed by atoms with Crippen molar-refractivity contribution in [1.82, 2.24) is 0 Å². The highest BCUT2D eigenvalue weighted by atomic mass is 127. The number of fused-ring (bicyclic) bond motifs is 1. The average molecular weight is 342 g/mol. The topological polar surface area (TPSA) is 61.4 Å². The van der Waals surface area contributed by atoms with Gasteiger partial charge in [0, 0.05) is 3.57 Å². The van der Waals surface area contributed by atoms with Crippen molar-refractivity contribution in [2.45, 2.75) is 0 Å². The SMILES string of the molecule is COc1ccc2c(I)c(NC(=O)[O-])ccc2c1. The Kier molecular flexibility index (Phi) is 3.37. The van der Waals surface area contributed by atoms with E-state index in [-0.39, 0.29) is 0 Å². The molecule has 0 spiro atoms. The summed E-state index contributed by atoms with van der Waals surface area (Å²) in [6.07, 6.45) is -1.31. The van der Waals surface area contributed by atoms with Gasteiger partial charge in [0.1, 0.15) is 11.8 Å². The summed E-state index contributed by atoms with van der Waals surface area (Å²) in [7, 11) is 1.61. The third-order valence-corrected chi connectivity index (χ3v) is 3.56. The quantitative estimate of drug-likeness (QED) is 0.852. The zero-order valence-corrected chi connectivity index (χ0v) is 11.1. The Labute approximate surface area is 112 Å². The molecule has 5 heteroatoms. The molecule has 2 aromatic carbocycles. The number of ether oxygens (including phenoxy) is 1. The van der Waals surface area contributed by atoms with Gasteiger partial charge in [0.2, 0.25) is 0 Å². The van der Waals surface area contributed by atoms with Crippen LogP contribution in [0, 0.1) is 3.57 Å². The first-order chi connectivity index (χ1) is 8.11. The van der Waals surface area contributed by atoms with Crippen LogP contribution in [0.4, 0.5) is 10.5 Å². The fourth-order valence-corrected chi connectivity index (χ4v) is 2.41. The first-order valence-corrected chi connectivity index (χ1v) is 5.94. The molecule has 0 bridgehead atoms. The number of hydrogen-bond donors (Lipinski definition) is 1. The molecule has 4 nitrogen and oxygen atoms in total. The van der Waals surface area contributed by atoms with Crippen molar-refractivity contribution < 1.29 is 14.6 Å². The number of hydrogen-bond acceptors (Lipinski definition) is 3. The number of carbonyl (C=O) groups excluding carboxylic acids is 1. The van der Waals surface area contributed by atoms with Crippen LogP contribution in [0.25, 0.3) is 10.8 Å². The van der Waals surface area contributed by atoms with Gasteiger partial charge in [-0.05, 0) is 57.6 Å². The molecule has 1 N–H and O–H groups in total. The van der Waals surface area contributed by atoms with Crippen molar-refractivity contribution in [2.24, 2.45) is 0 Å². The lowest BCUT2D eigenvalue weighted by molar-refractivity contribution is -0.242. The number of carbonyl (C=O) groups is 1. The molecule has 0 atom stereocenters. The maximum Gasteiger partial charge on any atom is 0.138 e. The molecule has 2 aromatic rings. The second kappa shape index (κ2) is 4.79. The van der Waals surface area contributed by atoms with E-state index in [2.05, 4.69) is 27.9 Å². The van der Waals surface area contributed by atoms with Crippen LogP contribution in [0.1, 0.15) is 0 Å². The summed E-state index contributed by atoms with van der Waals surface area (Å²) in [4.78, 5) is 10.5. The molecule has 17 heavy (non-hydrogen) atoms. The molecule has 0 heterocycles. The number of carboxylic acid groups (broad SMARTS) is 1. The second-order valence-corrected chi connectivity index (χ2v) is 4.51. The molecular formula is C12H9INO3-. The Morgan fingerprint density at radius 2 is 2.12 bits per heavy atom. The van der Waals surface area contributed by atoms with E-state index < -0.39 is 6.09 Å². The highest BCUT2D eigenvalue weighted by Gasteiger charge is 2.05. The number of halogens is 1. The third kappa shape index (κ3) is 2.44. The van der Waals surface area contributed by atoms with E-state index in [0.29, 0.717) is 5.69 Å². The van der Waals surface area contributed by atoms with Crippen LogP contribution in [0.2, 0.25) is 0 Å². The molecule has 0 aliphatic carbocycles. The van der Waals surface area contributed by atoms with Gasteiger partial charge in [-0.25, -0.2) is 0 Å². The van der Waals surface area contributed by atoms with Gasteiger partial charge in [0.25, 0.3) is 0 Å². The molecule has 0 saturated carbocycles. The Morgan fingerprint density at radius 1 is 1.35 bits per heavy atom. The van der Waals surface area contributed by atoms with Gasteiger partial charge in [-0.15, -0.1) is 0 Å². The number of amides is 1. The normalized spacial score (nSPS) is 10.2. The minimum Gasteiger partial charge on any atom is -0.530 e. The van der Waals surface area contributed by atoms with Gasteiger partial charge in [0.15, 0.2) is 0 Å². The molecule has 0 fully saturated rings. The number of nitrogens with one attached hydrogen (secondary N) is 1. The average Bonchev–Trinajstić information content (AvgIpc) is 2.32. The van der Waals surface area contributed by atoms with Crippen molar-refractivity contribution >= 4 is 45.1 Å². The van der Waals surface area contributed by atoms with E-state index in [4.69, 9.17) is 4.74 Å². The predicted octanol–water partition coefficient (Wildman–Crippen LogP) is 2.21. The highest BCUT2D eigenvalue weighted by Crippen LogP contribution is 2.30. The largest absolute Gasteiger partial charge is 0.530 e. The molecule has 2 rings (SSSR count). The van der Waals surface area contributed by atoms with Gasteiger partial charge in [-0.3, -0.25) is 0 Å². The van der Waals surface area contributed by atoms with Gasteiger partial charge in [-0.2, -0.15) is 0 Å². The summed E-state index contributed by atoms with van der Waals surface area (Å²) in [6.45, 7) is 0. The first kappa shape index (κ1) is 12.0.